The molecule has 3 nitrogen and oxygen atoms in total. The van der Waals surface area contributed by atoms with Gasteiger partial charge in [0.2, 0.25) is 0 Å². The van der Waals surface area contributed by atoms with E-state index in [1.165, 1.54) is 21.9 Å². The predicted molar refractivity (Wildman–Crippen MR) is 75.1 cm³/mol. The molecule has 3 N–H and O–H groups in total. The fraction of sp³-hybridized carbons (Fsp3) is 0.312. The lowest BCUT2D eigenvalue weighted by Gasteiger charge is -2.24. The van der Waals surface area contributed by atoms with E-state index in [4.69, 9.17) is 10.8 Å². The van der Waals surface area contributed by atoms with Gasteiger partial charge < -0.3 is 10.8 Å². The van der Waals surface area contributed by atoms with Gasteiger partial charge in [0.05, 0.1) is 6.42 Å². The van der Waals surface area contributed by atoms with Crippen molar-refractivity contribution in [1.82, 2.24) is 0 Å². The van der Waals surface area contributed by atoms with Gasteiger partial charge in [0.1, 0.15) is 0 Å². The van der Waals surface area contributed by atoms with Crippen molar-refractivity contribution >= 4 is 16.7 Å². The minimum Gasteiger partial charge on any atom is -0.481 e. The number of carbonyl (C=O) groups is 1. The molecule has 0 unspecified atom stereocenters. The Labute approximate surface area is 112 Å². The molecule has 0 bridgehead atoms. The number of carboxylic acid groups (broad SMARTS) is 1. The van der Waals surface area contributed by atoms with Crippen molar-refractivity contribution in [1.29, 1.82) is 0 Å². The fourth-order valence-electron chi connectivity index (χ4n) is 3.20. The third-order valence-electron chi connectivity index (χ3n) is 4.16. The molecule has 98 valence electrons. The van der Waals surface area contributed by atoms with Gasteiger partial charge in [0.15, 0.2) is 0 Å². The second kappa shape index (κ2) is 4.35. The Kier molecular flexibility index (Phi) is 2.79. The highest BCUT2D eigenvalue weighted by atomic mass is 16.4. The van der Waals surface area contributed by atoms with Gasteiger partial charge in [-0.05, 0) is 41.3 Å². The molecule has 1 aliphatic rings. The maximum Gasteiger partial charge on any atom is 0.303 e. The molecule has 0 saturated carbocycles. The molecule has 0 heterocycles. The molecule has 3 rings (SSSR count). The fourth-order valence-corrected chi connectivity index (χ4v) is 3.20. The summed E-state index contributed by atoms with van der Waals surface area (Å²) in [6, 6.07) is 12.6. The molecule has 0 aliphatic heterocycles. The summed E-state index contributed by atoms with van der Waals surface area (Å²) in [4.78, 5) is 11.0. The number of hydrogen-bond acceptors (Lipinski definition) is 2. The molecular weight excluding hydrogens is 238 g/mol. The molecule has 2 aromatic carbocycles. The number of fused-ring (bicyclic) bond motifs is 2. The van der Waals surface area contributed by atoms with Crippen LogP contribution in [0.2, 0.25) is 0 Å². The van der Waals surface area contributed by atoms with Crippen LogP contribution in [0.1, 0.15) is 17.5 Å². The molecule has 0 fully saturated rings. The molecular formula is C16H17NO2. The van der Waals surface area contributed by atoms with E-state index in [0.29, 0.717) is 6.54 Å². The van der Waals surface area contributed by atoms with E-state index in [1.54, 1.807) is 0 Å². The summed E-state index contributed by atoms with van der Waals surface area (Å²) < 4.78 is 0. The third kappa shape index (κ3) is 2.10. The van der Waals surface area contributed by atoms with Crippen LogP contribution < -0.4 is 5.73 Å². The Bertz CT molecular complexity index is 604. The Hall–Kier alpha value is -1.87. The zero-order valence-corrected chi connectivity index (χ0v) is 10.7. The van der Waals surface area contributed by atoms with Gasteiger partial charge >= 0.3 is 5.97 Å². The van der Waals surface area contributed by atoms with Crippen molar-refractivity contribution in [3.8, 4) is 0 Å². The van der Waals surface area contributed by atoms with E-state index >= 15 is 0 Å². The molecule has 0 spiro atoms. The van der Waals surface area contributed by atoms with E-state index in [-0.39, 0.29) is 11.8 Å². The quantitative estimate of drug-likeness (QED) is 0.885. The number of hydrogen-bond donors (Lipinski definition) is 2. The maximum atomic E-state index is 11.0. The van der Waals surface area contributed by atoms with E-state index in [9.17, 15) is 4.79 Å². The van der Waals surface area contributed by atoms with Crippen molar-refractivity contribution in [2.24, 2.45) is 11.1 Å². The molecule has 19 heavy (non-hydrogen) atoms. The van der Waals surface area contributed by atoms with Crippen LogP contribution in [0, 0.1) is 5.41 Å². The first-order valence-electron chi connectivity index (χ1n) is 6.54. The van der Waals surface area contributed by atoms with Gasteiger partial charge in [-0.25, -0.2) is 0 Å². The molecule has 0 amide bonds. The minimum atomic E-state index is -0.761. The largest absolute Gasteiger partial charge is 0.481 e. The van der Waals surface area contributed by atoms with Crippen molar-refractivity contribution in [3.63, 3.8) is 0 Å². The number of nitrogens with two attached hydrogens (primary N) is 1. The van der Waals surface area contributed by atoms with E-state index in [0.717, 1.165) is 12.8 Å². The Morgan fingerprint density at radius 3 is 2.11 bits per heavy atom. The van der Waals surface area contributed by atoms with E-state index in [2.05, 4.69) is 24.3 Å². The van der Waals surface area contributed by atoms with Gasteiger partial charge in [0.25, 0.3) is 0 Å². The standard InChI is InChI=1S/C16H17NO2/c17-10-16(9-15(18)19)7-13-5-11-3-1-2-4-12(11)6-14(13)8-16/h1-6H,7-10,17H2,(H,18,19). The number of aliphatic carboxylic acids is 1. The first-order chi connectivity index (χ1) is 9.12. The van der Waals surface area contributed by atoms with Crippen LogP contribution >= 0.6 is 0 Å². The van der Waals surface area contributed by atoms with Gasteiger partial charge in [-0.2, -0.15) is 0 Å². The first-order valence-corrected chi connectivity index (χ1v) is 6.54. The van der Waals surface area contributed by atoms with Crippen LogP contribution in [0.15, 0.2) is 36.4 Å². The molecule has 1 aliphatic carbocycles. The normalized spacial score (nSPS) is 16.5. The van der Waals surface area contributed by atoms with Crippen molar-refractivity contribution in [3.05, 3.63) is 47.5 Å². The summed E-state index contributed by atoms with van der Waals surface area (Å²) in [6.45, 7) is 0.421. The number of rotatable bonds is 3. The van der Waals surface area contributed by atoms with Crippen LogP contribution in [0.25, 0.3) is 10.8 Å². The van der Waals surface area contributed by atoms with E-state index in [1.807, 2.05) is 12.1 Å². The molecule has 0 aromatic heterocycles. The maximum absolute atomic E-state index is 11.0. The monoisotopic (exact) mass is 255 g/mol. The Morgan fingerprint density at radius 1 is 1.16 bits per heavy atom. The summed E-state index contributed by atoms with van der Waals surface area (Å²) in [5, 5.41) is 11.5. The van der Waals surface area contributed by atoms with Crippen LogP contribution in [0.4, 0.5) is 0 Å². The minimum absolute atomic E-state index is 0.147. The molecule has 3 heteroatoms. The lowest BCUT2D eigenvalue weighted by Crippen LogP contribution is -2.33. The van der Waals surface area contributed by atoms with Gasteiger partial charge in [-0.3, -0.25) is 4.79 Å². The average molecular weight is 255 g/mol. The Balaban J connectivity index is 2.03. The topological polar surface area (TPSA) is 63.3 Å². The second-order valence-corrected chi connectivity index (χ2v) is 5.60. The highest BCUT2D eigenvalue weighted by Crippen LogP contribution is 2.40. The summed E-state index contributed by atoms with van der Waals surface area (Å²) in [6.07, 6.45) is 1.69. The highest BCUT2D eigenvalue weighted by molar-refractivity contribution is 5.84. The number of benzene rings is 2. The van der Waals surface area contributed by atoms with Crippen molar-refractivity contribution in [2.75, 3.05) is 6.54 Å². The zero-order valence-electron chi connectivity index (χ0n) is 10.7. The third-order valence-corrected chi connectivity index (χ3v) is 4.16. The molecule has 0 radical (unpaired) electrons. The Morgan fingerprint density at radius 2 is 1.68 bits per heavy atom. The molecule has 2 aromatic rings. The number of carboxylic acids is 1. The summed E-state index contributed by atoms with van der Waals surface area (Å²) in [5.74, 6) is -0.761. The van der Waals surface area contributed by atoms with Gasteiger partial charge in [0, 0.05) is 5.41 Å². The van der Waals surface area contributed by atoms with Crippen LogP contribution in [-0.2, 0) is 17.6 Å². The average Bonchev–Trinajstić information content (AvgIpc) is 2.72. The summed E-state index contributed by atoms with van der Waals surface area (Å²) >= 11 is 0. The lowest BCUT2D eigenvalue weighted by molar-refractivity contribution is -0.139. The van der Waals surface area contributed by atoms with Gasteiger partial charge in [-0.15, -0.1) is 0 Å². The van der Waals surface area contributed by atoms with Crippen LogP contribution in [0.5, 0.6) is 0 Å². The second-order valence-electron chi connectivity index (χ2n) is 5.60. The van der Waals surface area contributed by atoms with Crippen molar-refractivity contribution in [2.45, 2.75) is 19.3 Å². The predicted octanol–water partition coefficient (Wildman–Crippen LogP) is 2.36. The zero-order chi connectivity index (χ0) is 13.5. The lowest BCUT2D eigenvalue weighted by atomic mass is 9.81. The van der Waals surface area contributed by atoms with Crippen molar-refractivity contribution < 1.29 is 9.90 Å². The SMILES string of the molecule is NCC1(CC(=O)O)Cc2cc3ccccc3cc2C1. The summed E-state index contributed by atoms with van der Waals surface area (Å²) in [5.41, 5.74) is 8.07. The first kappa shape index (κ1) is 12.2. The summed E-state index contributed by atoms with van der Waals surface area (Å²) in [7, 11) is 0. The van der Waals surface area contributed by atoms with E-state index < -0.39 is 5.97 Å². The highest BCUT2D eigenvalue weighted by Gasteiger charge is 2.38. The van der Waals surface area contributed by atoms with Crippen LogP contribution in [-0.4, -0.2) is 17.6 Å². The molecule has 0 saturated heterocycles. The smallest absolute Gasteiger partial charge is 0.303 e. The van der Waals surface area contributed by atoms with Crippen LogP contribution in [0.3, 0.4) is 0 Å². The molecule has 0 atom stereocenters. The van der Waals surface area contributed by atoms with Gasteiger partial charge in [-0.1, -0.05) is 36.4 Å².